The number of nitrogens with zero attached hydrogens (tertiary/aromatic N) is 3. The minimum Gasteiger partial charge on any atom is -0.370 e. The molecule has 0 amide bonds. The maximum Gasteiger partial charge on any atom is 0.171 e. The van der Waals surface area contributed by atoms with E-state index in [9.17, 15) is 0 Å². The van der Waals surface area contributed by atoms with Crippen molar-refractivity contribution in [2.75, 3.05) is 11.9 Å². The Kier molecular flexibility index (Phi) is 4.32. The van der Waals surface area contributed by atoms with Gasteiger partial charge in [0.15, 0.2) is 5.16 Å². The average molecular weight is 291 g/mol. The van der Waals surface area contributed by atoms with E-state index in [2.05, 4.69) is 48.0 Å². The van der Waals surface area contributed by atoms with Gasteiger partial charge in [-0.2, -0.15) is 0 Å². The van der Waals surface area contributed by atoms with E-state index in [-0.39, 0.29) is 5.41 Å². The van der Waals surface area contributed by atoms with Crippen molar-refractivity contribution in [3.8, 4) is 0 Å². The Morgan fingerprint density at radius 1 is 1.30 bits per heavy atom. The first-order chi connectivity index (χ1) is 9.41. The Morgan fingerprint density at radius 2 is 2.05 bits per heavy atom. The van der Waals surface area contributed by atoms with Crippen LogP contribution in [0.3, 0.4) is 0 Å². The predicted molar refractivity (Wildman–Crippen MR) is 82.3 cm³/mol. The topological polar surface area (TPSA) is 66.5 Å². The minimum atomic E-state index is -0.0870. The van der Waals surface area contributed by atoms with Gasteiger partial charge in [-0.25, -0.2) is 15.0 Å². The van der Waals surface area contributed by atoms with Gasteiger partial charge in [-0.1, -0.05) is 20.8 Å². The third-order valence-corrected chi connectivity index (χ3v) is 3.79. The maximum atomic E-state index is 4.71. The number of aromatic amines is 1. The van der Waals surface area contributed by atoms with Crippen molar-refractivity contribution in [1.29, 1.82) is 0 Å². The van der Waals surface area contributed by atoms with Gasteiger partial charge in [0.05, 0.1) is 0 Å². The van der Waals surface area contributed by atoms with Crippen molar-refractivity contribution in [1.82, 2.24) is 19.9 Å². The van der Waals surface area contributed by atoms with Crippen LogP contribution in [0.4, 0.5) is 5.82 Å². The van der Waals surface area contributed by atoms with Crippen LogP contribution >= 0.6 is 11.8 Å². The van der Waals surface area contributed by atoms with Crippen molar-refractivity contribution in [2.24, 2.45) is 0 Å². The highest BCUT2D eigenvalue weighted by molar-refractivity contribution is 7.99. The first-order valence-electron chi connectivity index (χ1n) is 6.72. The molecule has 0 aromatic carbocycles. The molecule has 0 aliphatic carbocycles. The molecule has 20 heavy (non-hydrogen) atoms. The fourth-order valence-electron chi connectivity index (χ4n) is 1.67. The molecule has 108 valence electrons. The fraction of sp³-hybridized carbons (Fsp3) is 0.500. The number of hydrogen-bond donors (Lipinski definition) is 2. The van der Waals surface area contributed by atoms with E-state index in [4.69, 9.17) is 4.98 Å². The van der Waals surface area contributed by atoms with Crippen molar-refractivity contribution < 1.29 is 0 Å². The molecule has 0 bridgehead atoms. The molecule has 2 rings (SSSR count). The van der Waals surface area contributed by atoms with Crippen molar-refractivity contribution in [2.45, 2.75) is 50.2 Å². The lowest BCUT2D eigenvalue weighted by Crippen LogP contribution is -2.18. The van der Waals surface area contributed by atoms with Gasteiger partial charge in [0, 0.05) is 29.9 Å². The van der Waals surface area contributed by atoms with Gasteiger partial charge in [0.25, 0.3) is 0 Å². The second-order valence-electron chi connectivity index (χ2n) is 5.60. The molecule has 0 fully saturated rings. The summed E-state index contributed by atoms with van der Waals surface area (Å²) in [7, 11) is 0. The molecule has 2 N–H and O–H groups in total. The molecule has 0 saturated heterocycles. The Labute approximate surface area is 124 Å². The fourth-order valence-corrected chi connectivity index (χ4v) is 2.47. The molecule has 0 atom stereocenters. The summed E-state index contributed by atoms with van der Waals surface area (Å²) in [5.41, 5.74) is 0.970. The largest absolute Gasteiger partial charge is 0.370 e. The molecule has 0 saturated carbocycles. The zero-order valence-electron chi connectivity index (χ0n) is 12.6. The number of hydrogen-bond acceptors (Lipinski definition) is 5. The van der Waals surface area contributed by atoms with Crippen LogP contribution in [0.5, 0.6) is 0 Å². The van der Waals surface area contributed by atoms with E-state index in [0.717, 1.165) is 33.9 Å². The van der Waals surface area contributed by atoms with E-state index >= 15 is 0 Å². The second kappa shape index (κ2) is 5.83. The highest BCUT2D eigenvalue weighted by atomic mass is 32.2. The molecule has 6 heteroatoms. The van der Waals surface area contributed by atoms with E-state index in [1.165, 1.54) is 11.8 Å². The molecule has 0 radical (unpaired) electrons. The third-order valence-electron chi connectivity index (χ3n) is 2.78. The third kappa shape index (κ3) is 3.30. The summed E-state index contributed by atoms with van der Waals surface area (Å²) in [6.45, 7) is 11.3. The molecular formula is C14H21N5S. The Hall–Kier alpha value is -1.56. The summed E-state index contributed by atoms with van der Waals surface area (Å²) in [6.07, 6.45) is 3.56. The zero-order valence-corrected chi connectivity index (χ0v) is 13.4. The summed E-state index contributed by atoms with van der Waals surface area (Å²) in [4.78, 5) is 16.7. The number of H-pyrrole nitrogens is 1. The lowest BCUT2D eigenvalue weighted by molar-refractivity contribution is 0.538. The summed E-state index contributed by atoms with van der Waals surface area (Å²) >= 11 is 1.53. The predicted octanol–water partition coefficient (Wildman–Crippen LogP) is 3.39. The van der Waals surface area contributed by atoms with Gasteiger partial charge in [-0.3, -0.25) is 0 Å². The summed E-state index contributed by atoms with van der Waals surface area (Å²) in [5, 5.41) is 5.10. The second-order valence-corrected chi connectivity index (χ2v) is 6.58. The summed E-state index contributed by atoms with van der Waals surface area (Å²) < 4.78 is 0. The lowest BCUT2D eigenvalue weighted by Gasteiger charge is -2.20. The van der Waals surface area contributed by atoms with E-state index in [1.807, 2.05) is 13.1 Å². The van der Waals surface area contributed by atoms with Crippen LogP contribution in [-0.2, 0) is 5.41 Å². The van der Waals surface area contributed by atoms with Gasteiger partial charge in [0.2, 0.25) is 0 Å². The number of nitrogens with one attached hydrogen (secondary N) is 2. The van der Waals surface area contributed by atoms with Gasteiger partial charge in [0.1, 0.15) is 16.7 Å². The molecule has 0 spiro atoms. The molecule has 0 unspecified atom stereocenters. The van der Waals surface area contributed by atoms with Crippen LogP contribution in [0.25, 0.3) is 0 Å². The van der Waals surface area contributed by atoms with E-state index in [0.29, 0.717) is 0 Å². The van der Waals surface area contributed by atoms with Crippen LogP contribution in [-0.4, -0.2) is 26.5 Å². The Morgan fingerprint density at radius 3 is 2.60 bits per heavy atom. The molecule has 2 heterocycles. The van der Waals surface area contributed by atoms with Crippen LogP contribution in [0.2, 0.25) is 0 Å². The standard InChI is InChI=1S/C14H21N5S/c1-6-15-10-9(2)11(20-13-16-7-8-17-13)19-12(18-10)14(3,4)5/h7-8H,6H2,1-5H3,(H,16,17)(H,15,18,19). The first kappa shape index (κ1) is 14.8. The molecule has 0 aliphatic heterocycles. The van der Waals surface area contributed by atoms with E-state index < -0.39 is 0 Å². The SMILES string of the molecule is CCNc1nc(C(C)(C)C)nc(Sc2ncc[nH]2)c1C. The number of rotatable bonds is 4. The monoisotopic (exact) mass is 291 g/mol. The lowest BCUT2D eigenvalue weighted by atomic mass is 9.95. The van der Waals surface area contributed by atoms with Gasteiger partial charge < -0.3 is 10.3 Å². The molecule has 5 nitrogen and oxygen atoms in total. The molecule has 2 aromatic rings. The van der Waals surface area contributed by atoms with Gasteiger partial charge >= 0.3 is 0 Å². The zero-order chi connectivity index (χ0) is 14.8. The average Bonchev–Trinajstić information content (AvgIpc) is 2.86. The molecule has 2 aromatic heterocycles. The quantitative estimate of drug-likeness (QED) is 0.845. The maximum absolute atomic E-state index is 4.71. The van der Waals surface area contributed by atoms with Crippen LogP contribution in [0.1, 0.15) is 39.1 Å². The van der Waals surface area contributed by atoms with Crippen molar-refractivity contribution in [3.63, 3.8) is 0 Å². The van der Waals surface area contributed by atoms with Crippen LogP contribution in [0, 0.1) is 6.92 Å². The molecular weight excluding hydrogens is 270 g/mol. The minimum absolute atomic E-state index is 0.0870. The number of aromatic nitrogens is 4. The van der Waals surface area contributed by atoms with Crippen LogP contribution < -0.4 is 5.32 Å². The van der Waals surface area contributed by atoms with Crippen molar-refractivity contribution >= 4 is 17.6 Å². The van der Waals surface area contributed by atoms with E-state index in [1.54, 1.807) is 6.20 Å². The number of imidazole rings is 1. The Bertz CT molecular complexity index is 572. The highest BCUT2D eigenvalue weighted by Crippen LogP contribution is 2.31. The summed E-state index contributed by atoms with van der Waals surface area (Å²) in [6, 6.07) is 0. The normalized spacial score (nSPS) is 11.7. The molecule has 0 aliphatic rings. The number of anilines is 1. The first-order valence-corrected chi connectivity index (χ1v) is 7.53. The summed E-state index contributed by atoms with van der Waals surface area (Å²) in [5.74, 6) is 1.74. The van der Waals surface area contributed by atoms with Crippen LogP contribution in [0.15, 0.2) is 22.6 Å². The van der Waals surface area contributed by atoms with Gasteiger partial charge in [-0.15, -0.1) is 0 Å². The van der Waals surface area contributed by atoms with Gasteiger partial charge in [-0.05, 0) is 25.6 Å². The van der Waals surface area contributed by atoms with Crippen molar-refractivity contribution in [3.05, 3.63) is 23.8 Å². The smallest absolute Gasteiger partial charge is 0.171 e. The Balaban J connectivity index is 2.45. The highest BCUT2D eigenvalue weighted by Gasteiger charge is 2.21.